The van der Waals surface area contributed by atoms with Gasteiger partial charge in [0, 0.05) is 11.6 Å². The van der Waals surface area contributed by atoms with E-state index in [1.54, 1.807) is 32.9 Å². The van der Waals surface area contributed by atoms with Crippen LogP contribution < -0.4 is 4.74 Å². The van der Waals surface area contributed by atoms with Gasteiger partial charge < -0.3 is 4.74 Å². The lowest BCUT2D eigenvalue weighted by atomic mass is 10.2. The molecule has 1 aromatic heterocycles. The number of ether oxygens (including phenoxy) is 1. The van der Waals surface area contributed by atoms with Crippen LogP contribution in [0.15, 0.2) is 18.2 Å². The van der Waals surface area contributed by atoms with Gasteiger partial charge in [-0.15, -0.1) is 10.2 Å². The summed E-state index contributed by atoms with van der Waals surface area (Å²) in [5.74, 6) is 0.661. The summed E-state index contributed by atoms with van der Waals surface area (Å²) in [6.45, 7) is 5.23. The lowest BCUT2D eigenvalue weighted by Gasteiger charge is -2.11. The maximum Gasteiger partial charge on any atom is 0.276 e. The van der Waals surface area contributed by atoms with E-state index in [4.69, 9.17) is 16.3 Å². The highest BCUT2D eigenvalue weighted by Crippen LogP contribution is 2.32. The van der Waals surface area contributed by atoms with Gasteiger partial charge in [0.15, 0.2) is 5.15 Å². The van der Waals surface area contributed by atoms with Gasteiger partial charge in [-0.05, 0) is 32.4 Å². The molecule has 0 atom stereocenters. The van der Waals surface area contributed by atoms with Crippen molar-refractivity contribution in [2.45, 2.75) is 20.8 Å². The molecule has 0 saturated carbocycles. The zero-order valence-corrected chi connectivity index (χ0v) is 11.9. The van der Waals surface area contributed by atoms with Crippen molar-refractivity contribution in [3.63, 3.8) is 0 Å². The molecule has 20 heavy (non-hydrogen) atoms. The van der Waals surface area contributed by atoms with Crippen molar-refractivity contribution >= 4 is 17.3 Å². The van der Waals surface area contributed by atoms with Gasteiger partial charge in [-0.25, -0.2) is 0 Å². The third-order valence-electron chi connectivity index (χ3n) is 3.08. The molecular weight excluding hydrogens is 282 g/mol. The number of aromatic nitrogens is 2. The largest absolute Gasteiger partial charge is 0.437 e. The van der Waals surface area contributed by atoms with Gasteiger partial charge >= 0.3 is 0 Å². The van der Waals surface area contributed by atoms with Crippen LogP contribution >= 0.6 is 11.6 Å². The number of nitrogens with zero attached hydrogens (tertiary/aromatic N) is 3. The van der Waals surface area contributed by atoms with Crippen LogP contribution in [-0.4, -0.2) is 15.1 Å². The fraction of sp³-hybridized carbons (Fsp3) is 0.231. The Bertz CT molecular complexity index is 689. The van der Waals surface area contributed by atoms with Crippen molar-refractivity contribution < 1.29 is 9.66 Å². The van der Waals surface area contributed by atoms with Gasteiger partial charge in [0.05, 0.1) is 10.5 Å². The average Bonchev–Trinajstić information content (AvgIpc) is 2.41. The third-order valence-corrected chi connectivity index (χ3v) is 3.44. The van der Waals surface area contributed by atoms with Crippen molar-refractivity contribution in [1.29, 1.82) is 0 Å². The number of hydrogen-bond acceptors (Lipinski definition) is 5. The van der Waals surface area contributed by atoms with Crippen LogP contribution in [0, 0.1) is 30.9 Å². The molecule has 0 aliphatic carbocycles. The molecule has 0 unspecified atom stereocenters. The van der Waals surface area contributed by atoms with E-state index in [0.717, 1.165) is 11.1 Å². The molecule has 0 aliphatic heterocycles. The highest BCUT2D eigenvalue weighted by Gasteiger charge is 2.17. The van der Waals surface area contributed by atoms with E-state index in [0.29, 0.717) is 16.5 Å². The number of benzene rings is 1. The van der Waals surface area contributed by atoms with Crippen molar-refractivity contribution in [3.8, 4) is 11.6 Å². The highest BCUT2D eigenvalue weighted by atomic mass is 35.5. The molecule has 0 radical (unpaired) electrons. The Labute approximate surface area is 120 Å². The Morgan fingerprint density at radius 3 is 2.50 bits per heavy atom. The zero-order chi connectivity index (χ0) is 14.9. The fourth-order valence-electron chi connectivity index (χ4n) is 1.67. The molecule has 1 heterocycles. The molecular formula is C13H12ClN3O3. The van der Waals surface area contributed by atoms with Crippen molar-refractivity contribution in [1.82, 2.24) is 10.2 Å². The van der Waals surface area contributed by atoms with Crippen LogP contribution in [0.3, 0.4) is 0 Å². The normalized spacial score (nSPS) is 10.4. The Kier molecular flexibility index (Phi) is 3.85. The first-order valence-corrected chi connectivity index (χ1v) is 6.21. The monoisotopic (exact) mass is 293 g/mol. The van der Waals surface area contributed by atoms with E-state index in [1.807, 2.05) is 0 Å². The molecule has 0 fully saturated rings. The lowest BCUT2D eigenvalue weighted by molar-refractivity contribution is -0.385. The first-order valence-electron chi connectivity index (χ1n) is 5.83. The second-order valence-electron chi connectivity index (χ2n) is 4.31. The van der Waals surface area contributed by atoms with Crippen molar-refractivity contribution in [3.05, 3.63) is 50.2 Å². The van der Waals surface area contributed by atoms with Crippen LogP contribution in [0.25, 0.3) is 0 Å². The summed E-state index contributed by atoms with van der Waals surface area (Å²) >= 11 is 5.87. The van der Waals surface area contributed by atoms with Gasteiger partial charge in [-0.2, -0.15) is 0 Å². The van der Waals surface area contributed by atoms with E-state index in [9.17, 15) is 10.1 Å². The summed E-state index contributed by atoms with van der Waals surface area (Å²) in [5.41, 5.74) is 1.95. The summed E-state index contributed by atoms with van der Waals surface area (Å²) in [6.07, 6.45) is 0. The average molecular weight is 294 g/mol. The number of hydrogen-bond donors (Lipinski definition) is 0. The van der Waals surface area contributed by atoms with E-state index in [1.165, 1.54) is 6.07 Å². The first-order chi connectivity index (χ1) is 9.41. The molecule has 104 valence electrons. The fourth-order valence-corrected chi connectivity index (χ4v) is 1.85. The Balaban J connectivity index is 2.43. The molecule has 0 aliphatic rings. The number of nitro benzene ring substituents is 1. The minimum Gasteiger partial charge on any atom is -0.437 e. The summed E-state index contributed by atoms with van der Waals surface area (Å²) < 4.78 is 5.63. The molecule has 7 heteroatoms. The summed E-state index contributed by atoms with van der Waals surface area (Å²) in [7, 11) is 0. The number of nitro groups is 1. The molecule has 0 spiro atoms. The standard InChI is InChI=1S/C13H12ClN3O3/c1-7-8(2)13(16-15-12(7)14)20-11-6-4-5-10(9(11)3)17(18)19/h4-6H,1-3H3. The lowest BCUT2D eigenvalue weighted by Crippen LogP contribution is -2.00. The minimum atomic E-state index is -0.451. The summed E-state index contributed by atoms with van der Waals surface area (Å²) in [4.78, 5) is 10.4. The molecule has 0 amide bonds. The second-order valence-corrected chi connectivity index (χ2v) is 4.66. The number of rotatable bonds is 3. The molecule has 0 saturated heterocycles. The molecule has 0 N–H and O–H groups in total. The zero-order valence-electron chi connectivity index (χ0n) is 11.2. The predicted octanol–water partition coefficient (Wildman–Crippen LogP) is 3.76. The second kappa shape index (κ2) is 5.42. The van der Waals surface area contributed by atoms with Crippen LogP contribution in [0.4, 0.5) is 5.69 Å². The van der Waals surface area contributed by atoms with Crippen LogP contribution in [0.1, 0.15) is 16.7 Å². The first kappa shape index (κ1) is 14.2. The molecule has 1 aromatic carbocycles. The molecule has 2 rings (SSSR count). The molecule has 6 nitrogen and oxygen atoms in total. The van der Waals surface area contributed by atoms with Crippen LogP contribution in [0.5, 0.6) is 11.6 Å². The maximum absolute atomic E-state index is 10.9. The summed E-state index contributed by atoms with van der Waals surface area (Å²) in [5, 5.41) is 18.9. The van der Waals surface area contributed by atoms with Crippen LogP contribution in [-0.2, 0) is 0 Å². The Morgan fingerprint density at radius 2 is 1.85 bits per heavy atom. The van der Waals surface area contributed by atoms with Crippen molar-refractivity contribution in [2.24, 2.45) is 0 Å². The van der Waals surface area contributed by atoms with Gasteiger partial charge in [0.1, 0.15) is 5.75 Å². The third kappa shape index (κ3) is 2.55. The van der Waals surface area contributed by atoms with E-state index in [2.05, 4.69) is 10.2 Å². The smallest absolute Gasteiger partial charge is 0.276 e. The predicted molar refractivity (Wildman–Crippen MR) is 74.4 cm³/mol. The van der Waals surface area contributed by atoms with Crippen LogP contribution in [0.2, 0.25) is 5.15 Å². The number of halogens is 1. The van der Waals surface area contributed by atoms with Crippen molar-refractivity contribution in [2.75, 3.05) is 0 Å². The molecule has 0 bridgehead atoms. The quantitative estimate of drug-likeness (QED) is 0.636. The van der Waals surface area contributed by atoms with Gasteiger partial charge in [-0.3, -0.25) is 10.1 Å². The SMILES string of the molecule is Cc1c(Oc2nnc(Cl)c(C)c2C)cccc1[N+](=O)[O-]. The Hall–Kier alpha value is -2.21. The highest BCUT2D eigenvalue weighted by molar-refractivity contribution is 6.30. The Morgan fingerprint density at radius 1 is 1.15 bits per heavy atom. The van der Waals surface area contributed by atoms with E-state index >= 15 is 0 Å². The van der Waals surface area contributed by atoms with E-state index in [-0.39, 0.29) is 11.6 Å². The molecule has 2 aromatic rings. The topological polar surface area (TPSA) is 78.2 Å². The summed E-state index contributed by atoms with van der Waals surface area (Å²) in [6, 6.07) is 4.63. The van der Waals surface area contributed by atoms with E-state index < -0.39 is 4.92 Å². The van der Waals surface area contributed by atoms with Gasteiger partial charge in [0.2, 0.25) is 5.88 Å². The minimum absolute atomic E-state index is 0.00111. The van der Waals surface area contributed by atoms with Gasteiger partial charge in [-0.1, -0.05) is 17.7 Å². The maximum atomic E-state index is 10.9. The van der Waals surface area contributed by atoms with Gasteiger partial charge in [0.25, 0.3) is 5.69 Å².